The summed E-state index contributed by atoms with van der Waals surface area (Å²) in [6.07, 6.45) is 2.95. The van der Waals surface area contributed by atoms with Gasteiger partial charge in [0.1, 0.15) is 5.75 Å². The number of hydrogen-bond acceptors (Lipinski definition) is 7. The van der Waals surface area contributed by atoms with Gasteiger partial charge in [0.25, 0.3) is 17.2 Å². The predicted molar refractivity (Wildman–Crippen MR) is 129 cm³/mol. The SMILES string of the molecule is COc1ccc(-c2[nH]n(-c3ccc([N+](=O)[O-])cc3)c(=O)c2/C(C)=N/NC(=O)c2cccnc2)cc1. The molecular weight excluding hydrogens is 452 g/mol. The van der Waals surface area contributed by atoms with Crippen LogP contribution in [-0.2, 0) is 0 Å². The highest BCUT2D eigenvalue weighted by Gasteiger charge is 2.20. The number of methoxy groups -OCH3 is 1. The van der Waals surface area contributed by atoms with Crippen LogP contribution in [0.2, 0.25) is 0 Å². The van der Waals surface area contributed by atoms with Gasteiger partial charge in [-0.2, -0.15) is 5.10 Å². The number of aromatic amines is 1. The number of non-ortho nitro benzene ring substituents is 1. The average molecular weight is 472 g/mol. The molecule has 0 saturated carbocycles. The van der Waals surface area contributed by atoms with E-state index in [1.54, 1.807) is 56.6 Å². The fourth-order valence-corrected chi connectivity index (χ4v) is 3.40. The van der Waals surface area contributed by atoms with Crippen LogP contribution in [0, 0.1) is 10.1 Å². The van der Waals surface area contributed by atoms with Gasteiger partial charge < -0.3 is 4.74 Å². The number of nitro groups is 1. The molecule has 0 fully saturated rings. The highest BCUT2D eigenvalue weighted by molar-refractivity contribution is 6.04. The summed E-state index contributed by atoms with van der Waals surface area (Å²) in [6.45, 7) is 1.60. The number of pyridine rings is 1. The summed E-state index contributed by atoms with van der Waals surface area (Å²) >= 11 is 0. The molecule has 11 nitrogen and oxygen atoms in total. The maximum Gasteiger partial charge on any atom is 0.281 e. The number of nitrogens with zero attached hydrogens (tertiary/aromatic N) is 4. The van der Waals surface area contributed by atoms with E-state index in [-0.39, 0.29) is 17.0 Å². The zero-order chi connectivity index (χ0) is 24.9. The molecule has 0 radical (unpaired) electrons. The number of hydrazone groups is 1. The molecule has 0 atom stereocenters. The van der Waals surface area contributed by atoms with Gasteiger partial charge in [-0.3, -0.25) is 29.8 Å². The molecule has 2 aromatic carbocycles. The van der Waals surface area contributed by atoms with Crippen molar-refractivity contribution in [3.63, 3.8) is 0 Å². The van der Waals surface area contributed by atoms with E-state index in [0.29, 0.717) is 28.3 Å². The molecule has 4 aromatic rings. The lowest BCUT2D eigenvalue weighted by molar-refractivity contribution is -0.384. The highest BCUT2D eigenvalue weighted by atomic mass is 16.6. The Labute approximate surface area is 198 Å². The average Bonchev–Trinajstić information content (AvgIpc) is 3.24. The number of nitro benzene ring substituents is 1. The standard InChI is InChI=1S/C24H20N6O5/c1-15(26-27-23(31)17-4-3-13-25-14-17)21-22(16-5-11-20(35-2)12-6-16)28-29(24(21)32)18-7-9-19(10-8-18)30(33)34/h3-14,28H,1-2H3,(H,27,31)/b26-15+. The lowest BCUT2D eigenvalue weighted by Gasteiger charge is -2.05. The van der Waals surface area contributed by atoms with Gasteiger partial charge >= 0.3 is 0 Å². The molecule has 0 aliphatic carbocycles. The van der Waals surface area contributed by atoms with Crippen LogP contribution in [0.3, 0.4) is 0 Å². The Balaban J connectivity index is 1.78. The molecule has 0 unspecified atom stereocenters. The molecule has 0 saturated heterocycles. The molecule has 2 N–H and O–H groups in total. The summed E-state index contributed by atoms with van der Waals surface area (Å²) in [7, 11) is 1.55. The van der Waals surface area contributed by atoms with Crippen LogP contribution in [0.25, 0.3) is 16.9 Å². The zero-order valence-corrected chi connectivity index (χ0v) is 18.8. The maximum absolute atomic E-state index is 13.4. The summed E-state index contributed by atoms with van der Waals surface area (Å²) in [5.41, 5.74) is 4.22. The molecule has 2 aromatic heterocycles. The van der Waals surface area contributed by atoms with Crippen LogP contribution in [0.15, 0.2) is 83.0 Å². The first-order valence-corrected chi connectivity index (χ1v) is 10.4. The molecule has 0 spiro atoms. The Morgan fingerprint density at radius 1 is 1.14 bits per heavy atom. The molecule has 0 bridgehead atoms. The van der Waals surface area contributed by atoms with E-state index in [4.69, 9.17) is 4.74 Å². The van der Waals surface area contributed by atoms with Gasteiger partial charge in [-0.05, 0) is 55.5 Å². The van der Waals surface area contributed by atoms with E-state index >= 15 is 0 Å². The van der Waals surface area contributed by atoms with E-state index in [1.807, 2.05) is 0 Å². The fraction of sp³-hybridized carbons (Fsp3) is 0.0833. The van der Waals surface area contributed by atoms with Crippen molar-refractivity contribution in [1.82, 2.24) is 20.2 Å². The number of hydrogen-bond donors (Lipinski definition) is 2. The Morgan fingerprint density at radius 3 is 2.46 bits per heavy atom. The third-order valence-electron chi connectivity index (χ3n) is 5.20. The number of carbonyl (C=O) groups excluding carboxylic acids is 1. The lowest BCUT2D eigenvalue weighted by atomic mass is 10.1. The Morgan fingerprint density at radius 2 is 1.86 bits per heavy atom. The molecule has 35 heavy (non-hydrogen) atoms. The van der Waals surface area contributed by atoms with Gasteiger partial charge in [-0.15, -0.1) is 0 Å². The molecule has 4 rings (SSSR count). The van der Waals surface area contributed by atoms with Crippen molar-refractivity contribution in [3.05, 3.63) is 105 Å². The lowest BCUT2D eigenvalue weighted by Crippen LogP contribution is -2.23. The van der Waals surface area contributed by atoms with Gasteiger partial charge in [0.05, 0.1) is 40.3 Å². The van der Waals surface area contributed by atoms with Crippen molar-refractivity contribution in [2.45, 2.75) is 6.92 Å². The third-order valence-corrected chi connectivity index (χ3v) is 5.20. The zero-order valence-electron chi connectivity index (χ0n) is 18.8. The molecule has 0 aliphatic rings. The summed E-state index contributed by atoms with van der Waals surface area (Å²) in [4.78, 5) is 40.2. The quantitative estimate of drug-likeness (QED) is 0.240. The topological polar surface area (TPSA) is 145 Å². The smallest absolute Gasteiger partial charge is 0.281 e. The fourth-order valence-electron chi connectivity index (χ4n) is 3.40. The van der Waals surface area contributed by atoms with Crippen LogP contribution in [0.4, 0.5) is 5.69 Å². The first kappa shape index (κ1) is 23.1. The van der Waals surface area contributed by atoms with Crippen LogP contribution in [-0.4, -0.2) is 38.4 Å². The molecule has 176 valence electrons. The normalized spacial score (nSPS) is 11.2. The number of benzene rings is 2. The number of nitrogens with one attached hydrogen (secondary N) is 2. The predicted octanol–water partition coefficient (Wildman–Crippen LogP) is 3.30. The van der Waals surface area contributed by atoms with Crippen molar-refractivity contribution < 1.29 is 14.5 Å². The van der Waals surface area contributed by atoms with Crippen molar-refractivity contribution in [3.8, 4) is 22.7 Å². The van der Waals surface area contributed by atoms with Crippen molar-refractivity contribution in [2.24, 2.45) is 5.10 Å². The van der Waals surface area contributed by atoms with E-state index in [0.717, 1.165) is 0 Å². The summed E-state index contributed by atoms with van der Waals surface area (Å²) in [5, 5.41) is 18.2. The molecule has 1 amide bonds. The Hall–Kier alpha value is -5.06. The van der Waals surface area contributed by atoms with Crippen LogP contribution >= 0.6 is 0 Å². The first-order chi connectivity index (χ1) is 16.9. The summed E-state index contributed by atoms with van der Waals surface area (Å²) < 4.78 is 6.47. The van der Waals surface area contributed by atoms with Gasteiger partial charge in [-0.25, -0.2) is 10.1 Å². The van der Waals surface area contributed by atoms with Gasteiger partial charge in [-0.1, -0.05) is 0 Å². The van der Waals surface area contributed by atoms with Gasteiger partial charge in [0.2, 0.25) is 0 Å². The van der Waals surface area contributed by atoms with E-state index in [1.165, 1.54) is 35.1 Å². The van der Waals surface area contributed by atoms with Gasteiger partial charge in [0.15, 0.2) is 0 Å². The number of H-pyrrole nitrogens is 1. The van der Waals surface area contributed by atoms with E-state index < -0.39 is 16.4 Å². The minimum atomic E-state index is -0.517. The second-order valence-electron chi connectivity index (χ2n) is 7.38. The number of aromatic nitrogens is 3. The largest absolute Gasteiger partial charge is 0.497 e. The molecular formula is C24H20N6O5. The molecule has 0 aliphatic heterocycles. The number of carbonyl (C=O) groups is 1. The Bertz CT molecular complexity index is 1460. The second kappa shape index (κ2) is 9.83. The number of rotatable bonds is 7. The maximum atomic E-state index is 13.4. The third kappa shape index (κ3) is 4.83. The van der Waals surface area contributed by atoms with Crippen molar-refractivity contribution in [1.29, 1.82) is 0 Å². The van der Waals surface area contributed by atoms with Crippen molar-refractivity contribution >= 4 is 17.3 Å². The van der Waals surface area contributed by atoms with E-state index in [9.17, 15) is 19.7 Å². The number of ether oxygens (including phenoxy) is 1. The van der Waals surface area contributed by atoms with Gasteiger partial charge in [0, 0.05) is 30.1 Å². The Kier molecular flexibility index (Phi) is 6.49. The van der Waals surface area contributed by atoms with E-state index in [2.05, 4.69) is 20.6 Å². The van der Waals surface area contributed by atoms with Crippen molar-refractivity contribution in [2.75, 3.05) is 7.11 Å². The molecule has 11 heteroatoms. The first-order valence-electron chi connectivity index (χ1n) is 10.4. The minimum absolute atomic E-state index is 0.0974. The second-order valence-corrected chi connectivity index (χ2v) is 7.38. The number of amides is 1. The minimum Gasteiger partial charge on any atom is -0.497 e. The summed E-state index contributed by atoms with van der Waals surface area (Å²) in [5.74, 6) is 0.163. The van der Waals surface area contributed by atoms with Crippen LogP contribution in [0.1, 0.15) is 22.8 Å². The molecule has 2 heterocycles. The monoisotopic (exact) mass is 472 g/mol. The van der Waals surface area contributed by atoms with Crippen LogP contribution < -0.4 is 15.7 Å². The van der Waals surface area contributed by atoms with Crippen LogP contribution in [0.5, 0.6) is 5.75 Å². The summed E-state index contributed by atoms with van der Waals surface area (Å²) in [6, 6.07) is 15.8. The highest BCUT2D eigenvalue weighted by Crippen LogP contribution is 2.24.